The van der Waals surface area contributed by atoms with Gasteiger partial charge in [0.25, 0.3) is 0 Å². The molecule has 0 aliphatic carbocycles. The van der Waals surface area contributed by atoms with Crippen LogP contribution in [0.5, 0.6) is 5.75 Å². The Hall–Kier alpha value is -1.81. The Balaban J connectivity index is 0.000000437. The maximum Gasteiger partial charge on any atom is 0.327 e. The van der Waals surface area contributed by atoms with Crippen molar-refractivity contribution in [2.45, 2.75) is 19.4 Å². The van der Waals surface area contributed by atoms with Gasteiger partial charge in [0.2, 0.25) is 0 Å². The Morgan fingerprint density at radius 2 is 2.00 bits per heavy atom. The highest BCUT2D eigenvalue weighted by molar-refractivity contribution is 5.78. The zero-order chi connectivity index (χ0) is 13.1. The molecule has 1 aromatic carbocycles. The third-order valence-corrected chi connectivity index (χ3v) is 1.83. The molecule has 2 N–H and O–H groups in total. The van der Waals surface area contributed by atoms with E-state index >= 15 is 0 Å². The van der Waals surface area contributed by atoms with Gasteiger partial charge < -0.3 is 14.9 Å². The number of carbonyl (C=O) groups is 1. The fraction of sp³-hybridized carbons (Fsp3) is 0.308. The fourth-order valence-electron chi connectivity index (χ4n) is 0.827. The lowest BCUT2D eigenvalue weighted by Crippen LogP contribution is -2.15. The highest BCUT2D eigenvalue weighted by Gasteiger charge is 2.00. The SMILES string of the molecule is C=CC(=O)O.CCC(O)COc1ccccc1. The molecule has 0 aliphatic rings. The van der Waals surface area contributed by atoms with Crippen molar-refractivity contribution in [3.05, 3.63) is 43.0 Å². The van der Waals surface area contributed by atoms with E-state index in [1.54, 1.807) is 0 Å². The minimum absolute atomic E-state index is 0.356. The molecule has 0 aromatic heterocycles. The van der Waals surface area contributed by atoms with Crippen LogP contribution in [0.25, 0.3) is 0 Å². The molecule has 0 saturated carbocycles. The van der Waals surface area contributed by atoms with Crippen LogP contribution in [0.2, 0.25) is 0 Å². The summed E-state index contributed by atoms with van der Waals surface area (Å²) in [6.45, 7) is 5.27. The number of carboxylic acid groups (broad SMARTS) is 1. The van der Waals surface area contributed by atoms with Gasteiger partial charge in [-0.05, 0) is 18.6 Å². The molecule has 0 spiro atoms. The minimum Gasteiger partial charge on any atom is -0.491 e. The molecule has 0 heterocycles. The lowest BCUT2D eigenvalue weighted by atomic mass is 10.3. The zero-order valence-electron chi connectivity index (χ0n) is 9.87. The van der Waals surface area contributed by atoms with Crippen LogP contribution in [-0.2, 0) is 4.79 Å². The van der Waals surface area contributed by atoms with E-state index in [9.17, 15) is 9.90 Å². The average molecular weight is 238 g/mol. The molecule has 0 aliphatic heterocycles. The number of benzene rings is 1. The first-order chi connectivity index (χ1) is 8.10. The van der Waals surface area contributed by atoms with Crippen LogP contribution in [0.15, 0.2) is 43.0 Å². The zero-order valence-corrected chi connectivity index (χ0v) is 9.87. The summed E-state index contributed by atoms with van der Waals surface area (Å²) in [6, 6.07) is 9.51. The van der Waals surface area contributed by atoms with Gasteiger partial charge >= 0.3 is 5.97 Å². The molecule has 1 rings (SSSR count). The molecular formula is C13H18O4. The second kappa shape index (κ2) is 9.42. The number of carboxylic acids is 1. The number of ether oxygens (including phenoxy) is 1. The highest BCUT2D eigenvalue weighted by atomic mass is 16.5. The van der Waals surface area contributed by atoms with Crippen LogP contribution in [-0.4, -0.2) is 28.9 Å². The second-order valence-corrected chi connectivity index (χ2v) is 3.23. The first kappa shape index (κ1) is 15.2. The molecule has 0 saturated heterocycles. The van der Waals surface area contributed by atoms with E-state index in [2.05, 4.69) is 6.58 Å². The van der Waals surface area contributed by atoms with Crippen LogP contribution in [0.1, 0.15) is 13.3 Å². The molecule has 0 fully saturated rings. The predicted octanol–water partition coefficient (Wildman–Crippen LogP) is 2.09. The first-order valence-electron chi connectivity index (χ1n) is 5.31. The summed E-state index contributed by atoms with van der Waals surface area (Å²) in [4.78, 5) is 9.25. The number of aliphatic hydroxyl groups is 1. The summed E-state index contributed by atoms with van der Waals surface area (Å²) < 4.78 is 5.31. The molecule has 0 bridgehead atoms. The Morgan fingerprint density at radius 3 is 2.41 bits per heavy atom. The van der Waals surface area contributed by atoms with Crippen LogP contribution in [0.3, 0.4) is 0 Å². The van der Waals surface area contributed by atoms with Crippen molar-refractivity contribution >= 4 is 5.97 Å². The van der Waals surface area contributed by atoms with Crippen molar-refractivity contribution < 1.29 is 19.7 Å². The first-order valence-corrected chi connectivity index (χ1v) is 5.31. The van der Waals surface area contributed by atoms with Gasteiger partial charge in [0.15, 0.2) is 0 Å². The van der Waals surface area contributed by atoms with Gasteiger partial charge in [0.1, 0.15) is 12.4 Å². The molecule has 1 aromatic rings. The van der Waals surface area contributed by atoms with E-state index in [1.807, 2.05) is 37.3 Å². The van der Waals surface area contributed by atoms with Gasteiger partial charge in [-0.25, -0.2) is 4.79 Å². The third kappa shape index (κ3) is 9.14. The number of para-hydroxylation sites is 1. The summed E-state index contributed by atoms with van der Waals surface area (Å²) >= 11 is 0. The van der Waals surface area contributed by atoms with Crippen molar-refractivity contribution in [3.63, 3.8) is 0 Å². The molecule has 0 radical (unpaired) electrons. The molecule has 0 amide bonds. The molecule has 94 valence electrons. The number of hydrogen-bond donors (Lipinski definition) is 2. The summed E-state index contributed by atoms with van der Waals surface area (Å²) in [5.41, 5.74) is 0. The topological polar surface area (TPSA) is 66.8 Å². The summed E-state index contributed by atoms with van der Waals surface area (Å²) in [7, 11) is 0. The van der Waals surface area contributed by atoms with Crippen LogP contribution >= 0.6 is 0 Å². The lowest BCUT2D eigenvalue weighted by Gasteiger charge is -2.09. The quantitative estimate of drug-likeness (QED) is 0.771. The maximum atomic E-state index is 9.25. The van der Waals surface area contributed by atoms with Gasteiger partial charge in [-0.15, -0.1) is 0 Å². The van der Waals surface area contributed by atoms with Crippen molar-refractivity contribution in [3.8, 4) is 5.75 Å². The highest BCUT2D eigenvalue weighted by Crippen LogP contribution is 2.08. The third-order valence-electron chi connectivity index (χ3n) is 1.83. The predicted molar refractivity (Wildman–Crippen MR) is 66.1 cm³/mol. The number of aliphatic carboxylic acids is 1. The van der Waals surface area contributed by atoms with E-state index in [0.29, 0.717) is 6.61 Å². The van der Waals surface area contributed by atoms with Gasteiger partial charge in [0, 0.05) is 6.08 Å². The lowest BCUT2D eigenvalue weighted by molar-refractivity contribution is -0.131. The average Bonchev–Trinajstić information content (AvgIpc) is 2.37. The minimum atomic E-state index is -0.981. The van der Waals surface area contributed by atoms with Crippen molar-refractivity contribution in [2.75, 3.05) is 6.61 Å². The Labute approximate surface area is 101 Å². The number of rotatable bonds is 5. The van der Waals surface area contributed by atoms with Gasteiger partial charge in [-0.3, -0.25) is 0 Å². The molecule has 4 heteroatoms. The number of aliphatic hydroxyl groups excluding tert-OH is 1. The largest absolute Gasteiger partial charge is 0.491 e. The molecule has 4 nitrogen and oxygen atoms in total. The standard InChI is InChI=1S/C10H14O2.C3H4O2/c1-2-9(11)8-12-10-6-4-3-5-7-10;1-2-3(4)5/h3-7,9,11H,2,8H2,1H3;2H,1H2,(H,4,5). The molecular weight excluding hydrogens is 220 g/mol. The van der Waals surface area contributed by atoms with Crippen molar-refractivity contribution in [1.82, 2.24) is 0 Å². The van der Waals surface area contributed by atoms with E-state index in [-0.39, 0.29) is 6.10 Å². The van der Waals surface area contributed by atoms with Crippen LogP contribution < -0.4 is 4.74 Å². The van der Waals surface area contributed by atoms with E-state index in [4.69, 9.17) is 9.84 Å². The maximum absolute atomic E-state index is 9.25. The van der Waals surface area contributed by atoms with Gasteiger partial charge in [-0.1, -0.05) is 31.7 Å². The molecule has 1 unspecified atom stereocenters. The summed E-state index contributed by atoms with van der Waals surface area (Å²) in [5, 5.41) is 16.8. The van der Waals surface area contributed by atoms with E-state index in [1.165, 1.54) is 0 Å². The van der Waals surface area contributed by atoms with E-state index < -0.39 is 5.97 Å². The Kier molecular flexibility index (Phi) is 8.42. The van der Waals surface area contributed by atoms with E-state index in [0.717, 1.165) is 18.2 Å². The smallest absolute Gasteiger partial charge is 0.327 e. The normalized spacial score (nSPS) is 10.7. The monoisotopic (exact) mass is 238 g/mol. The fourth-order valence-corrected chi connectivity index (χ4v) is 0.827. The number of hydrogen-bond acceptors (Lipinski definition) is 3. The van der Waals surface area contributed by atoms with Crippen LogP contribution in [0.4, 0.5) is 0 Å². The van der Waals surface area contributed by atoms with Crippen LogP contribution in [0, 0.1) is 0 Å². The Bertz CT molecular complexity index is 321. The van der Waals surface area contributed by atoms with Crippen molar-refractivity contribution in [2.24, 2.45) is 0 Å². The molecule has 1 atom stereocenters. The summed E-state index contributed by atoms with van der Waals surface area (Å²) in [6.07, 6.45) is 1.21. The molecule has 17 heavy (non-hydrogen) atoms. The second-order valence-electron chi connectivity index (χ2n) is 3.23. The van der Waals surface area contributed by atoms with Crippen molar-refractivity contribution in [1.29, 1.82) is 0 Å². The summed E-state index contributed by atoms with van der Waals surface area (Å²) in [5.74, 6) is -0.171. The Morgan fingerprint density at radius 1 is 1.47 bits per heavy atom. The van der Waals surface area contributed by atoms with Gasteiger partial charge in [-0.2, -0.15) is 0 Å². The van der Waals surface area contributed by atoms with Gasteiger partial charge in [0.05, 0.1) is 6.10 Å².